The predicted octanol–water partition coefficient (Wildman–Crippen LogP) is 4.57. The number of nitrogens with zero attached hydrogens (tertiary/aromatic N) is 1. The zero-order valence-electron chi connectivity index (χ0n) is 12.1. The maximum atomic E-state index is 12.0. The number of carbonyl (C=O) groups is 1. The first-order chi connectivity index (χ1) is 11.0. The Morgan fingerprint density at radius 2 is 2.17 bits per heavy atom. The molecule has 0 saturated heterocycles. The number of halogens is 2. The molecule has 118 valence electrons. The van der Waals surface area contributed by atoms with E-state index in [0.717, 1.165) is 0 Å². The van der Waals surface area contributed by atoms with Crippen LogP contribution in [0.2, 0.25) is 5.02 Å². The number of aromatic nitrogens is 1. The predicted molar refractivity (Wildman–Crippen MR) is 92.0 cm³/mol. The number of anilines is 1. The van der Waals surface area contributed by atoms with Gasteiger partial charge in [0.15, 0.2) is 18.1 Å². The minimum atomic E-state index is -0.272. The van der Waals surface area contributed by atoms with Gasteiger partial charge in [0.1, 0.15) is 11.3 Å². The average molecular weight is 396 g/mol. The number of carbonyl (C=O) groups excluding carboxylic acids is 1. The minimum absolute atomic E-state index is 0.115. The lowest BCUT2D eigenvalue weighted by Gasteiger charge is -2.09. The Morgan fingerprint density at radius 1 is 1.35 bits per heavy atom. The van der Waals surface area contributed by atoms with E-state index < -0.39 is 0 Å². The fourth-order valence-electron chi connectivity index (χ4n) is 2.05. The van der Waals surface area contributed by atoms with E-state index in [1.54, 1.807) is 43.3 Å². The third-order valence-corrected chi connectivity index (χ3v) is 3.89. The van der Waals surface area contributed by atoms with E-state index >= 15 is 0 Å². The number of hydrogen-bond donors (Lipinski definition) is 1. The molecular weight excluding hydrogens is 384 g/mol. The van der Waals surface area contributed by atoms with Gasteiger partial charge >= 0.3 is 0 Å². The van der Waals surface area contributed by atoms with Gasteiger partial charge in [0.2, 0.25) is 0 Å². The van der Waals surface area contributed by atoms with Crippen LogP contribution in [0.3, 0.4) is 0 Å². The van der Waals surface area contributed by atoms with E-state index in [9.17, 15) is 4.79 Å². The van der Waals surface area contributed by atoms with Crippen LogP contribution < -0.4 is 10.1 Å². The van der Waals surface area contributed by atoms with Crippen LogP contribution in [0, 0.1) is 6.92 Å². The molecule has 0 unspecified atom stereocenters. The largest absolute Gasteiger partial charge is 0.483 e. The first-order valence-corrected chi connectivity index (χ1v) is 7.93. The smallest absolute Gasteiger partial charge is 0.262 e. The highest BCUT2D eigenvalue weighted by atomic mass is 79.9. The number of fused-ring (bicyclic) bond motifs is 1. The molecule has 0 bridgehead atoms. The second kappa shape index (κ2) is 6.60. The highest BCUT2D eigenvalue weighted by Gasteiger charge is 2.08. The lowest BCUT2D eigenvalue weighted by atomic mass is 10.3. The van der Waals surface area contributed by atoms with Gasteiger partial charge in [-0.2, -0.15) is 0 Å². The van der Waals surface area contributed by atoms with Crippen molar-refractivity contribution in [2.24, 2.45) is 0 Å². The summed E-state index contributed by atoms with van der Waals surface area (Å²) < 4.78 is 11.5. The van der Waals surface area contributed by atoms with Gasteiger partial charge in [0.05, 0.1) is 4.47 Å². The van der Waals surface area contributed by atoms with Crippen LogP contribution in [0.1, 0.15) is 5.89 Å². The molecule has 5 nitrogen and oxygen atoms in total. The molecule has 0 atom stereocenters. The zero-order valence-corrected chi connectivity index (χ0v) is 14.4. The maximum absolute atomic E-state index is 12.0. The van der Waals surface area contributed by atoms with Crippen LogP contribution >= 0.6 is 27.5 Å². The second-order valence-electron chi connectivity index (χ2n) is 4.83. The summed E-state index contributed by atoms with van der Waals surface area (Å²) in [7, 11) is 0. The molecule has 0 fully saturated rings. The number of amides is 1. The maximum Gasteiger partial charge on any atom is 0.262 e. The minimum Gasteiger partial charge on any atom is -0.483 e. The topological polar surface area (TPSA) is 64.4 Å². The van der Waals surface area contributed by atoms with E-state index in [4.69, 9.17) is 20.8 Å². The van der Waals surface area contributed by atoms with E-state index in [2.05, 4.69) is 26.2 Å². The van der Waals surface area contributed by atoms with Gasteiger partial charge in [-0.15, -0.1) is 0 Å². The molecule has 7 heteroatoms. The molecule has 2 aromatic carbocycles. The first-order valence-electron chi connectivity index (χ1n) is 6.76. The summed E-state index contributed by atoms with van der Waals surface area (Å²) >= 11 is 9.19. The molecule has 23 heavy (non-hydrogen) atoms. The van der Waals surface area contributed by atoms with Crippen molar-refractivity contribution in [3.05, 3.63) is 51.8 Å². The number of nitrogens with one attached hydrogen (secondary N) is 1. The number of ether oxygens (including phenoxy) is 1. The van der Waals surface area contributed by atoms with Crippen LogP contribution in [0.5, 0.6) is 5.75 Å². The first kappa shape index (κ1) is 15.8. The Balaban J connectivity index is 1.63. The fourth-order valence-corrected chi connectivity index (χ4v) is 2.85. The third-order valence-electron chi connectivity index (χ3n) is 3.03. The molecule has 1 heterocycles. The molecule has 0 aliphatic heterocycles. The van der Waals surface area contributed by atoms with Crippen LogP contribution in [0.15, 0.2) is 45.3 Å². The Kier molecular flexibility index (Phi) is 4.54. The standard InChI is InChI=1S/C16H12BrClN2O3/c1-9-19-13-7-11(3-5-15(13)23-9)20-16(21)8-22-14-4-2-10(18)6-12(14)17/h2-7H,8H2,1H3,(H,20,21). The molecular formula is C16H12BrClN2O3. The normalized spacial score (nSPS) is 10.7. The molecule has 1 N–H and O–H groups in total. The number of oxazole rings is 1. The Bertz CT molecular complexity index is 879. The number of rotatable bonds is 4. The third kappa shape index (κ3) is 3.83. The molecule has 1 aromatic heterocycles. The lowest BCUT2D eigenvalue weighted by molar-refractivity contribution is -0.118. The van der Waals surface area contributed by atoms with Gasteiger partial charge in [-0.05, 0) is 52.3 Å². The van der Waals surface area contributed by atoms with Crippen molar-refractivity contribution in [3.8, 4) is 5.75 Å². The molecule has 3 aromatic rings. The van der Waals surface area contributed by atoms with E-state index in [1.807, 2.05) is 0 Å². The van der Waals surface area contributed by atoms with Gasteiger partial charge < -0.3 is 14.5 Å². The van der Waals surface area contributed by atoms with Gasteiger partial charge in [0.25, 0.3) is 5.91 Å². The average Bonchev–Trinajstić information content (AvgIpc) is 2.85. The summed E-state index contributed by atoms with van der Waals surface area (Å²) in [6.07, 6.45) is 0. The molecule has 1 amide bonds. The highest BCUT2D eigenvalue weighted by molar-refractivity contribution is 9.10. The van der Waals surface area contributed by atoms with Gasteiger partial charge in [0, 0.05) is 17.6 Å². The van der Waals surface area contributed by atoms with Crippen molar-refractivity contribution in [2.75, 3.05) is 11.9 Å². The summed E-state index contributed by atoms with van der Waals surface area (Å²) in [5.74, 6) is 0.859. The highest BCUT2D eigenvalue weighted by Crippen LogP contribution is 2.28. The van der Waals surface area contributed by atoms with Crippen LogP contribution in [-0.4, -0.2) is 17.5 Å². The lowest BCUT2D eigenvalue weighted by Crippen LogP contribution is -2.20. The van der Waals surface area contributed by atoms with Crippen molar-refractivity contribution in [2.45, 2.75) is 6.92 Å². The SMILES string of the molecule is Cc1nc2cc(NC(=O)COc3ccc(Cl)cc3Br)ccc2o1. The Labute approximate surface area is 145 Å². The summed E-state index contributed by atoms with van der Waals surface area (Å²) in [5.41, 5.74) is 2.01. The summed E-state index contributed by atoms with van der Waals surface area (Å²) in [5, 5.41) is 3.35. The zero-order chi connectivity index (χ0) is 16.4. The van der Waals surface area contributed by atoms with Crippen molar-refractivity contribution in [3.63, 3.8) is 0 Å². The summed E-state index contributed by atoms with van der Waals surface area (Å²) in [4.78, 5) is 16.2. The molecule has 0 spiro atoms. The summed E-state index contributed by atoms with van der Waals surface area (Å²) in [6.45, 7) is 1.66. The van der Waals surface area contributed by atoms with E-state index in [1.165, 1.54) is 0 Å². The number of hydrogen-bond acceptors (Lipinski definition) is 4. The quantitative estimate of drug-likeness (QED) is 0.703. The summed E-state index contributed by atoms with van der Waals surface area (Å²) in [6, 6.07) is 10.4. The van der Waals surface area contributed by atoms with E-state index in [-0.39, 0.29) is 12.5 Å². The van der Waals surface area contributed by atoms with Crippen molar-refractivity contribution >= 4 is 50.2 Å². The van der Waals surface area contributed by atoms with E-state index in [0.29, 0.717) is 37.9 Å². The van der Waals surface area contributed by atoms with Crippen LogP contribution in [0.4, 0.5) is 5.69 Å². The van der Waals surface area contributed by atoms with Gasteiger partial charge in [-0.25, -0.2) is 4.98 Å². The second-order valence-corrected chi connectivity index (χ2v) is 6.12. The van der Waals surface area contributed by atoms with Crippen molar-refractivity contribution in [1.82, 2.24) is 4.98 Å². The monoisotopic (exact) mass is 394 g/mol. The van der Waals surface area contributed by atoms with Gasteiger partial charge in [-0.1, -0.05) is 11.6 Å². The molecule has 0 aliphatic rings. The Hall–Kier alpha value is -2.05. The van der Waals surface area contributed by atoms with Crippen molar-refractivity contribution < 1.29 is 13.9 Å². The molecule has 0 saturated carbocycles. The Morgan fingerprint density at radius 3 is 2.96 bits per heavy atom. The van der Waals surface area contributed by atoms with Crippen LogP contribution in [0.25, 0.3) is 11.1 Å². The molecule has 0 aliphatic carbocycles. The molecule has 0 radical (unpaired) electrons. The molecule has 3 rings (SSSR count). The van der Waals surface area contributed by atoms with Crippen molar-refractivity contribution in [1.29, 1.82) is 0 Å². The number of aryl methyl sites for hydroxylation is 1. The number of benzene rings is 2. The fraction of sp³-hybridized carbons (Fsp3) is 0.125. The van der Waals surface area contributed by atoms with Crippen LogP contribution in [-0.2, 0) is 4.79 Å². The van der Waals surface area contributed by atoms with Gasteiger partial charge in [-0.3, -0.25) is 4.79 Å².